The van der Waals surface area contributed by atoms with Crippen LogP contribution in [0, 0.1) is 0 Å². The highest BCUT2D eigenvalue weighted by atomic mass is 16.5. The van der Waals surface area contributed by atoms with Gasteiger partial charge in [0.15, 0.2) is 0 Å². The van der Waals surface area contributed by atoms with Crippen LogP contribution < -0.4 is 21.3 Å². The summed E-state index contributed by atoms with van der Waals surface area (Å²) in [6.45, 7) is 8.48. The van der Waals surface area contributed by atoms with Crippen molar-refractivity contribution in [3.05, 3.63) is 46.5 Å². The van der Waals surface area contributed by atoms with Crippen molar-refractivity contribution in [2.24, 2.45) is 0 Å². The second kappa shape index (κ2) is 15.8. The van der Waals surface area contributed by atoms with E-state index in [1.807, 2.05) is 13.8 Å². The fraction of sp³-hybridized carbons (Fsp3) is 0.462. The average molecular weight is 519 g/mol. The summed E-state index contributed by atoms with van der Waals surface area (Å²) in [5.41, 5.74) is 0.678. The summed E-state index contributed by atoms with van der Waals surface area (Å²) in [5, 5.41) is 50.6. The molecular weight excluding hydrogens is 480 g/mol. The van der Waals surface area contributed by atoms with E-state index in [0.717, 1.165) is 13.2 Å². The summed E-state index contributed by atoms with van der Waals surface area (Å²) in [6, 6.07) is 5.74. The van der Waals surface area contributed by atoms with Crippen molar-refractivity contribution >= 4 is 22.9 Å². The van der Waals surface area contributed by atoms with Crippen molar-refractivity contribution in [3.8, 4) is 11.5 Å². The van der Waals surface area contributed by atoms with Crippen molar-refractivity contribution in [2.75, 3.05) is 76.3 Å². The summed E-state index contributed by atoms with van der Waals surface area (Å²) >= 11 is 0. The van der Waals surface area contributed by atoms with E-state index in [9.17, 15) is 19.8 Å². The zero-order chi connectivity index (χ0) is 27.2. The molecule has 0 atom stereocenters. The molecule has 0 saturated carbocycles. The number of rotatable bonds is 14. The molecule has 1 aliphatic carbocycles. The van der Waals surface area contributed by atoms with Gasteiger partial charge in [0.25, 0.3) is 0 Å². The molecule has 8 N–H and O–H groups in total. The normalized spacial score (nSPS) is 11.9. The first-order chi connectivity index (χ1) is 17.9. The first-order valence-electron chi connectivity index (χ1n) is 12.4. The van der Waals surface area contributed by atoms with Gasteiger partial charge in [-0.1, -0.05) is 0 Å². The quantitative estimate of drug-likeness (QED) is 0.113. The van der Waals surface area contributed by atoms with Gasteiger partial charge in [-0.2, -0.15) is 0 Å². The van der Waals surface area contributed by atoms with Gasteiger partial charge in [0.2, 0.25) is 11.6 Å². The molecule has 1 aliphatic rings. The Hall–Kier alpha value is -3.22. The number of benzene rings is 2. The molecule has 0 bridgehead atoms. The Labute approximate surface area is 216 Å². The SMILES string of the molecule is CCOCC.O=C1c2c(O)ccc(O)c2C(=O)c2c(NCCNCCO)ccc(NCCNCCO)c21. The summed E-state index contributed by atoms with van der Waals surface area (Å²) in [7, 11) is 0. The summed E-state index contributed by atoms with van der Waals surface area (Å²) in [4.78, 5) is 26.7. The highest BCUT2D eigenvalue weighted by Crippen LogP contribution is 2.42. The van der Waals surface area contributed by atoms with Gasteiger partial charge in [-0.3, -0.25) is 9.59 Å². The van der Waals surface area contributed by atoms with E-state index < -0.39 is 11.6 Å². The Bertz CT molecular complexity index is 966. The third-order valence-electron chi connectivity index (χ3n) is 5.49. The number of ketones is 2. The number of phenolic OH excluding ortho intramolecular Hbond substituents is 2. The second-order valence-electron chi connectivity index (χ2n) is 8.00. The monoisotopic (exact) mass is 518 g/mol. The van der Waals surface area contributed by atoms with Gasteiger partial charge in [0, 0.05) is 63.9 Å². The molecule has 0 fully saturated rings. The van der Waals surface area contributed by atoms with Gasteiger partial charge >= 0.3 is 0 Å². The molecule has 37 heavy (non-hydrogen) atoms. The van der Waals surface area contributed by atoms with Gasteiger partial charge < -0.3 is 46.4 Å². The minimum absolute atomic E-state index is 0.00939. The van der Waals surface area contributed by atoms with E-state index in [2.05, 4.69) is 21.3 Å². The summed E-state index contributed by atoms with van der Waals surface area (Å²) < 4.78 is 4.83. The first-order valence-corrected chi connectivity index (χ1v) is 12.4. The maximum atomic E-state index is 13.4. The number of aromatic hydroxyl groups is 2. The fourth-order valence-corrected chi connectivity index (χ4v) is 3.84. The van der Waals surface area contributed by atoms with Gasteiger partial charge in [0.05, 0.1) is 35.5 Å². The number of carbonyl (C=O) groups excluding carboxylic acids is 2. The lowest BCUT2D eigenvalue weighted by atomic mass is 9.81. The van der Waals surface area contributed by atoms with E-state index in [-0.39, 0.29) is 47.0 Å². The third-order valence-corrected chi connectivity index (χ3v) is 5.49. The number of aliphatic hydroxyl groups excluding tert-OH is 2. The van der Waals surface area contributed by atoms with Crippen LogP contribution in [0.5, 0.6) is 11.5 Å². The van der Waals surface area contributed by atoms with Crippen LogP contribution >= 0.6 is 0 Å². The topological polar surface area (TPSA) is 172 Å². The molecule has 0 spiro atoms. The standard InChI is InChI=1S/C22H28N4O6.C4H10O/c27-11-9-23-5-7-25-13-1-2-14(26-8-6-24-10-12-28)18-17(13)21(31)19-15(29)3-4-16(30)20(19)22(18)32;1-3-5-4-2/h1-4,23-30H,5-12H2;3-4H2,1-2H3. The number of anilines is 2. The zero-order valence-electron chi connectivity index (χ0n) is 21.4. The number of ether oxygens (including phenoxy) is 1. The number of fused-ring (bicyclic) bond motifs is 2. The van der Waals surface area contributed by atoms with E-state index in [0.29, 0.717) is 50.6 Å². The molecule has 11 heteroatoms. The molecule has 3 rings (SSSR count). The van der Waals surface area contributed by atoms with Crippen molar-refractivity contribution in [1.82, 2.24) is 10.6 Å². The molecule has 204 valence electrons. The molecule has 0 radical (unpaired) electrons. The third kappa shape index (κ3) is 7.88. The van der Waals surface area contributed by atoms with Crippen LogP contribution in [0.4, 0.5) is 11.4 Å². The van der Waals surface area contributed by atoms with Crippen LogP contribution in [0.2, 0.25) is 0 Å². The van der Waals surface area contributed by atoms with E-state index in [4.69, 9.17) is 14.9 Å². The van der Waals surface area contributed by atoms with Gasteiger partial charge in [0.1, 0.15) is 11.5 Å². The Morgan fingerprint density at radius 2 is 1.03 bits per heavy atom. The molecule has 0 aliphatic heterocycles. The maximum absolute atomic E-state index is 13.4. The molecule has 2 aromatic carbocycles. The van der Waals surface area contributed by atoms with Crippen LogP contribution in [-0.4, -0.2) is 97.7 Å². The lowest BCUT2D eigenvalue weighted by Gasteiger charge is -2.25. The van der Waals surface area contributed by atoms with Crippen molar-refractivity contribution < 1.29 is 34.8 Å². The summed E-state index contributed by atoms with van der Waals surface area (Å²) in [6.07, 6.45) is 0. The molecule has 0 heterocycles. The van der Waals surface area contributed by atoms with Crippen LogP contribution in [0.1, 0.15) is 45.7 Å². The molecule has 0 saturated heterocycles. The Morgan fingerprint density at radius 1 is 0.622 bits per heavy atom. The minimum Gasteiger partial charge on any atom is -0.507 e. The summed E-state index contributed by atoms with van der Waals surface area (Å²) in [5.74, 6) is -1.86. The molecular formula is C26H38N4O7. The van der Waals surface area contributed by atoms with Gasteiger partial charge in [-0.15, -0.1) is 0 Å². The fourth-order valence-electron chi connectivity index (χ4n) is 3.84. The van der Waals surface area contributed by atoms with Crippen LogP contribution in [0.25, 0.3) is 0 Å². The second-order valence-corrected chi connectivity index (χ2v) is 8.00. The molecule has 0 aromatic heterocycles. The average Bonchev–Trinajstić information content (AvgIpc) is 2.89. The minimum atomic E-state index is -0.559. The predicted molar refractivity (Wildman–Crippen MR) is 142 cm³/mol. The number of nitrogens with one attached hydrogen (secondary N) is 4. The number of hydrogen-bond donors (Lipinski definition) is 8. The van der Waals surface area contributed by atoms with Gasteiger partial charge in [-0.25, -0.2) is 0 Å². The van der Waals surface area contributed by atoms with Crippen molar-refractivity contribution in [2.45, 2.75) is 13.8 Å². The highest BCUT2D eigenvalue weighted by Gasteiger charge is 2.37. The number of carbonyl (C=O) groups is 2. The Kier molecular flexibility index (Phi) is 12.8. The van der Waals surface area contributed by atoms with Gasteiger partial charge in [-0.05, 0) is 38.1 Å². The van der Waals surface area contributed by atoms with Crippen molar-refractivity contribution in [3.63, 3.8) is 0 Å². The number of aliphatic hydroxyl groups is 2. The van der Waals surface area contributed by atoms with E-state index in [1.165, 1.54) is 12.1 Å². The Morgan fingerprint density at radius 3 is 1.35 bits per heavy atom. The van der Waals surface area contributed by atoms with Crippen molar-refractivity contribution in [1.29, 1.82) is 0 Å². The molecule has 11 nitrogen and oxygen atoms in total. The molecule has 0 unspecified atom stereocenters. The predicted octanol–water partition coefficient (Wildman–Crippen LogP) is 0.904. The number of hydrogen-bond acceptors (Lipinski definition) is 11. The smallest absolute Gasteiger partial charge is 0.200 e. The van der Waals surface area contributed by atoms with Crippen LogP contribution in [-0.2, 0) is 4.74 Å². The van der Waals surface area contributed by atoms with Crippen LogP contribution in [0.3, 0.4) is 0 Å². The lowest BCUT2D eigenvalue weighted by Crippen LogP contribution is -2.28. The Balaban J connectivity index is 0.000000877. The zero-order valence-corrected chi connectivity index (χ0v) is 21.4. The largest absolute Gasteiger partial charge is 0.507 e. The molecule has 2 aromatic rings. The van der Waals surface area contributed by atoms with E-state index >= 15 is 0 Å². The lowest BCUT2D eigenvalue weighted by molar-refractivity contribution is 0.0975. The number of phenols is 2. The maximum Gasteiger partial charge on any atom is 0.200 e. The first kappa shape index (κ1) is 30.0. The molecule has 0 amide bonds. The highest BCUT2D eigenvalue weighted by molar-refractivity contribution is 6.33. The van der Waals surface area contributed by atoms with E-state index in [1.54, 1.807) is 12.1 Å². The van der Waals surface area contributed by atoms with Crippen LogP contribution in [0.15, 0.2) is 24.3 Å².